The lowest BCUT2D eigenvalue weighted by Crippen LogP contribution is -2.26. The van der Waals surface area contributed by atoms with Gasteiger partial charge in [0, 0.05) is 17.4 Å². The highest BCUT2D eigenvalue weighted by Gasteiger charge is 2.20. The Labute approximate surface area is 110 Å². The van der Waals surface area contributed by atoms with Gasteiger partial charge in [0.25, 0.3) is 5.69 Å². The fraction of sp³-hybridized carbons (Fsp3) is 0.455. The maximum Gasteiger partial charge on any atom is 0.293 e. The summed E-state index contributed by atoms with van der Waals surface area (Å²) in [5, 5.41) is 14.3. The van der Waals surface area contributed by atoms with Crippen LogP contribution in [0, 0.1) is 10.1 Å². The first-order valence-corrected chi connectivity index (χ1v) is 6.69. The first kappa shape index (κ1) is 14.1. The molecule has 1 rings (SSSR count). The van der Waals surface area contributed by atoms with Crippen molar-refractivity contribution in [2.45, 2.75) is 18.6 Å². The lowest BCUT2D eigenvalue weighted by molar-refractivity contribution is -0.383. The average molecular weight is 275 g/mol. The second-order valence-corrected chi connectivity index (χ2v) is 6.13. The maximum absolute atomic E-state index is 10.9. The molecule has 4 nitrogen and oxygen atoms in total. The van der Waals surface area contributed by atoms with Crippen LogP contribution >= 0.6 is 23.4 Å². The summed E-state index contributed by atoms with van der Waals surface area (Å²) in [5.74, 6) is 0. The molecule has 1 aromatic rings. The average Bonchev–Trinajstić information content (AvgIpc) is 2.27. The van der Waals surface area contributed by atoms with Crippen LogP contribution in [0.15, 0.2) is 18.2 Å². The number of rotatable bonds is 5. The molecule has 0 amide bonds. The second-order valence-electron chi connectivity index (χ2n) is 4.21. The topological polar surface area (TPSA) is 55.2 Å². The van der Waals surface area contributed by atoms with Crippen molar-refractivity contribution in [1.29, 1.82) is 0 Å². The summed E-state index contributed by atoms with van der Waals surface area (Å²) in [4.78, 5) is 10.4. The van der Waals surface area contributed by atoms with Crippen molar-refractivity contribution in [3.8, 4) is 0 Å². The summed E-state index contributed by atoms with van der Waals surface area (Å²) in [7, 11) is 0. The normalized spacial score (nSPS) is 11.3. The Kier molecular flexibility index (Phi) is 4.65. The van der Waals surface area contributed by atoms with Gasteiger partial charge in [0.05, 0.1) is 9.95 Å². The Morgan fingerprint density at radius 3 is 2.71 bits per heavy atom. The number of benzene rings is 1. The number of nitro groups is 1. The number of para-hydroxylation sites is 1. The molecule has 0 aliphatic carbocycles. The van der Waals surface area contributed by atoms with Gasteiger partial charge in [-0.3, -0.25) is 10.1 Å². The van der Waals surface area contributed by atoms with Crippen LogP contribution < -0.4 is 5.32 Å². The zero-order chi connectivity index (χ0) is 13.1. The van der Waals surface area contributed by atoms with Crippen molar-refractivity contribution >= 4 is 34.7 Å². The van der Waals surface area contributed by atoms with Crippen LogP contribution in [0.2, 0.25) is 5.02 Å². The molecule has 94 valence electrons. The molecule has 0 atom stereocenters. The molecule has 17 heavy (non-hydrogen) atoms. The van der Waals surface area contributed by atoms with Crippen molar-refractivity contribution in [3.05, 3.63) is 33.3 Å². The van der Waals surface area contributed by atoms with Crippen LogP contribution in [0.1, 0.15) is 13.8 Å². The zero-order valence-electron chi connectivity index (χ0n) is 9.99. The maximum atomic E-state index is 10.9. The molecule has 6 heteroatoms. The van der Waals surface area contributed by atoms with E-state index >= 15 is 0 Å². The van der Waals surface area contributed by atoms with Crippen LogP contribution in [0.4, 0.5) is 11.4 Å². The van der Waals surface area contributed by atoms with Crippen molar-refractivity contribution in [2.24, 2.45) is 0 Å². The predicted molar refractivity (Wildman–Crippen MR) is 74.2 cm³/mol. The molecule has 0 unspecified atom stereocenters. The molecule has 0 fully saturated rings. The molecular weight excluding hydrogens is 260 g/mol. The Morgan fingerprint density at radius 1 is 1.53 bits per heavy atom. The summed E-state index contributed by atoms with van der Waals surface area (Å²) in [6.45, 7) is 4.74. The summed E-state index contributed by atoms with van der Waals surface area (Å²) < 4.78 is -0.00691. The minimum absolute atomic E-state index is 0.00691. The number of hydrogen-bond acceptors (Lipinski definition) is 4. The molecule has 1 aromatic carbocycles. The predicted octanol–water partition coefficient (Wildman–Crippen LogP) is 3.80. The molecule has 0 heterocycles. The van der Waals surface area contributed by atoms with Crippen molar-refractivity contribution < 1.29 is 4.92 Å². The first-order chi connectivity index (χ1) is 7.87. The number of nitrogens with one attached hydrogen (secondary N) is 1. The molecule has 0 spiro atoms. The molecular formula is C11H15ClN2O2S. The summed E-state index contributed by atoms with van der Waals surface area (Å²) in [6.07, 6.45) is 2.00. The van der Waals surface area contributed by atoms with Gasteiger partial charge in [0.2, 0.25) is 0 Å². The van der Waals surface area contributed by atoms with E-state index < -0.39 is 4.92 Å². The standard InChI is InChI=1S/C11H15ClN2O2S/c1-11(2,17-3)7-13-10-8(12)5-4-6-9(10)14(15)16/h4-6,13H,7H2,1-3H3. The van der Waals surface area contributed by atoms with Crippen molar-refractivity contribution in [1.82, 2.24) is 0 Å². The van der Waals surface area contributed by atoms with Gasteiger partial charge in [-0.15, -0.1) is 0 Å². The third-order valence-electron chi connectivity index (χ3n) is 2.43. The lowest BCUT2D eigenvalue weighted by Gasteiger charge is -2.23. The van der Waals surface area contributed by atoms with E-state index in [1.807, 2.05) is 6.26 Å². The van der Waals surface area contributed by atoms with E-state index in [-0.39, 0.29) is 10.4 Å². The van der Waals surface area contributed by atoms with Crippen LogP contribution in [-0.2, 0) is 0 Å². The van der Waals surface area contributed by atoms with Crippen LogP contribution in [0.5, 0.6) is 0 Å². The van der Waals surface area contributed by atoms with E-state index in [1.165, 1.54) is 6.07 Å². The Morgan fingerprint density at radius 2 is 2.18 bits per heavy atom. The smallest absolute Gasteiger partial charge is 0.293 e. The van der Waals surface area contributed by atoms with Gasteiger partial charge in [-0.1, -0.05) is 17.7 Å². The SMILES string of the molecule is CSC(C)(C)CNc1c(Cl)cccc1[N+](=O)[O-]. The monoisotopic (exact) mass is 274 g/mol. The van der Waals surface area contributed by atoms with Gasteiger partial charge in [-0.05, 0) is 26.2 Å². The van der Waals surface area contributed by atoms with Gasteiger partial charge < -0.3 is 5.32 Å². The molecule has 0 saturated heterocycles. The van der Waals surface area contributed by atoms with E-state index in [0.717, 1.165) is 0 Å². The number of nitrogens with zero attached hydrogens (tertiary/aromatic N) is 1. The highest BCUT2D eigenvalue weighted by molar-refractivity contribution is 7.99. The van der Waals surface area contributed by atoms with Gasteiger partial charge >= 0.3 is 0 Å². The Hall–Kier alpha value is -0.940. The lowest BCUT2D eigenvalue weighted by atomic mass is 10.2. The fourth-order valence-corrected chi connectivity index (χ4v) is 1.67. The van der Waals surface area contributed by atoms with Crippen molar-refractivity contribution in [3.63, 3.8) is 0 Å². The van der Waals surface area contributed by atoms with Gasteiger partial charge in [0.1, 0.15) is 5.69 Å². The van der Waals surface area contributed by atoms with Gasteiger partial charge in [-0.2, -0.15) is 11.8 Å². The summed E-state index contributed by atoms with van der Waals surface area (Å²) in [6, 6.07) is 4.66. The molecule has 0 saturated carbocycles. The largest absolute Gasteiger partial charge is 0.377 e. The number of nitro benzene ring substituents is 1. The Bertz CT molecular complexity index is 424. The first-order valence-electron chi connectivity index (χ1n) is 5.09. The molecule has 0 aliphatic heterocycles. The molecule has 0 radical (unpaired) electrons. The zero-order valence-corrected chi connectivity index (χ0v) is 11.6. The highest BCUT2D eigenvalue weighted by atomic mass is 35.5. The van der Waals surface area contributed by atoms with E-state index in [9.17, 15) is 10.1 Å². The number of anilines is 1. The number of hydrogen-bond donors (Lipinski definition) is 1. The highest BCUT2D eigenvalue weighted by Crippen LogP contribution is 2.33. The van der Waals surface area contributed by atoms with E-state index in [1.54, 1.807) is 23.9 Å². The molecule has 0 aliphatic rings. The van der Waals surface area contributed by atoms with Crippen LogP contribution in [0.25, 0.3) is 0 Å². The van der Waals surface area contributed by atoms with E-state index in [2.05, 4.69) is 19.2 Å². The minimum atomic E-state index is -0.430. The number of thioether (sulfide) groups is 1. The van der Waals surface area contributed by atoms with Gasteiger partial charge in [0.15, 0.2) is 0 Å². The quantitative estimate of drug-likeness (QED) is 0.655. The Balaban J connectivity index is 2.94. The summed E-state index contributed by atoms with van der Waals surface area (Å²) >= 11 is 7.66. The second kappa shape index (κ2) is 5.60. The van der Waals surface area contributed by atoms with Crippen molar-refractivity contribution in [2.75, 3.05) is 18.1 Å². The molecule has 0 bridgehead atoms. The minimum Gasteiger partial charge on any atom is -0.377 e. The van der Waals surface area contributed by atoms with E-state index in [0.29, 0.717) is 17.3 Å². The molecule has 0 aromatic heterocycles. The summed E-state index contributed by atoms with van der Waals surface area (Å²) in [5.41, 5.74) is 0.399. The van der Waals surface area contributed by atoms with Crippen LogP contribution in [0.3, 0.4) is 0 Å². The fourth-order valence-electron chi connectivity index (χ4n) is 1.21. The molecule has 1 N–H and O–H groups in total. The third-order valence-corrected chi connectivity index (χ3v) is 4.00. The van der Waals surface area contributed by atoms with Gasteiger partial charge in [-0.25, -0.2) is 0 Å². The number of halogens is 1. The van der Waals surface area contributed by atoms with Crippen LogP contribution in [-0.4, -0.2) is 22.5 Å². The third kappa shape index (κ3) is 3.78. The van der Waals surface area contributed by atoms with E-state index in [4.69, 9.17) is 11.6 Å².